The van der Waals surface area contributed by atoms with Crippen molar-refractivity contribution in [1.29, 1.82) is 0 Å². The molecule has 1 aromatic carbocycles. The summed E-state index contributed by atoms with van der Waals surface area (Å²) in [6.07, 6.45) is 2.00. The zero-order valence-corrected chi connectivity index (χ0v) is 12.4. The Morgan fingerprint density at radius 2 is 2.38 bits per heavy atom. The summed E-state index contributed by atoms with van der Waals surface area (Å²) >= 11 is 1.43. The van der Waals surface area contributed by atoms with Gasteiger partial charge in [0.1, 0.15) is 22.6 Å². The largest absolute Gasteiger partial charge is 0.506 e. The molecule has 6 heteroatoms. The smallest absolute Gasteiger partial charge is 0.275 e. The molecule has 1 aliphatic rings. The summed E-state index contributed by atoms with van der Waals surface area (Å²) in [5, 5.41) is 15.1. The summed E-state index contributed by atoms with van der Waals surface area (Å²) in [6.45, 7) is 2.58. The number of aromatic hydroxyl groups is 1. The van der Waals surface area contributed by atoms with Crippen LogP contribution in [0.3, 0.4) is 0 Å². The van der Waals surface area contributed by atoms with E-state index in [1.54, 1.807) is 17.5 Å². The van der Waals surface area contributed by atoms with Crippen molar-refractivity contribution >= 4 is 22.9 Å². The average molecular weight is 304 g/mol. The predicted octanol–water partition coefficient (Wildman–Crippen LogP) is 3.26. The van der Waals surface area contributed by atoms with Crippen LogP contribution >= 0.6 is 11.3 Å². The van der Waals surface area contributed by atoms with Gasteiger partial charge in [0.25, 0.3) is 5.91 Å². The number of nitrogens with one attached hydrogen (secondary N) is 1. The minimum atomic E-state index is -0.319. The van der Waals surface area contributed by atoms with Gasteiger partial charge in [0.15, 0.2) is 0 Å². The van der Waals surface area contributed by atoms with E-state index in [2.05, 4.69) is 10.3 Å². The van der Waals surface area contributed by atoms with Gasteiger partial charge in [-0.2, -0.15) is 0 Å². The van der Waals surface area contributed by atoms with Crippen LogP contribution in [-0.2, 0) is 4.74 Å². The summed E-state index contributed by atoms with van der Waals surface area (Å²) in [6, 6.07) is 5.11. The summed E-state index contributed by atoms with van der Waals surface area (Å²) in [4.78, 5) is 16.6. The Hall–Kier alpha value is -1.92. The fraction of sp³-hybridized carbons (Fsp3) is 0.333. The van der Waals surface area contributed by atoms with Crippen molar-refractivity contribution in [3.05, 3.63) is 39.8 Å². The molecule has 2 heterocycles. The Morgan fingerprint density at radius 1 is 1.52 bits per heavy atom. The lowest BCUT2D eigenvalue weighted by atomic mass is 10.2. The molecule has 0 bridgehead atoms. The molecular formula is C15H16N2O3S. The highest BCUT2D eigenvalue weighted by molar-refractivity contribution is 7.09. The van der Waals surface area contributed by atoms with Gasteiger partial charge in [0.2, 0.25) is 0 Å². The van der Waals surface area contributed by atoms with Crippen molar-refractivity contribution in [3.8, 4) is 5.75 Å². The number of ether oxygens (including phenoxy) is 1. The maximum atomic E-state index is 12.2. The number of hydrogen-bond donors (Lipinski definition) is 2. The standard InChI is InChI=1S/C15H16N2O3S/c1-9-4-2-5-11(18)13(9)17-14(19)10-8-21-15(16-10)12-6-3-7-20-12/h2,4-5,8,12,18H,3,6-7H2,1H3,(H,17,19)/t12-/m0/s1. The third kappa shape index (κ3) is 2.91. The van der Waals surface area contributed by atoms with Gasteiger partial charge in [-0.3, -0.25) is 4.79 Å². The second kappa shape index (κ2) is 5.83. The molecule has 1 amide bonds. The van der Waals surface area contributed by atoms with Crippen molar-refractivity contribution < 1.29 is 14.6 Å². The second-order valence-electron chi connectivity index (χ2n) is 5.00. The molecule has 2 aromatic rings. The van der Waals surface area contributed by atoms with Crippen molar-refractivity contribution in [1.82, 2.24) is 4.98 Å². The number of aromatic nitrogens is 1. The van der Waals surface area contributed by atoms with E-state index < -0.39 is 0 Å². The molecule has 1 atom stereocenters. The van der Waals surface area contributed by atoms with Crippen LogP contribution in [0.25, 0.3) is 0 Å². The number of nitrogens with zero attached hydrogens (tertiary/aromatic N) is 1. The van der Waals surface area contributed by atoms with Crippen LogP contribution in [0, 0.1) is 6.92 Å². The zero-order valence-electron chi connectivity index (χ0n) is 11.6. The van der Waals surface area contributed by atoms with Crippen LogP contribution < -0.4 is 5.32 Å². The lowest BCUT2D eigenvalue weighted by Crippen LogP contribution is -2.13. The van der Waals surface area contributed by atoms with Gasteiger partial charge in [-0.15, -0.1) is 11.3 Å². The number of benzene rings is 1. The van der Waals surface area contributed by atoms with Gasteiger partial charge >= 0.3 is 0 Å². The number of aryl methyl sites for hydroxylation is 1. The predicted molar refractivity (Wildman–Crippen MR) is 80.8 cm³/mol. The first-order valence-corrected chi connectivity index (χ1v) is 7.70. The Balaban J connectivity index is 1.76. The fourth-order valence-corrected chi connectivity index (χ4v) is 3.19. The first kappa shape index (κ1) is 14.0. The Labute approximate surface area is 126 Å². The third-order valence-corrected chi connectivity index (χ3v) is 4.39. The van der Waals surface area contributed by atoms with Crippen molar-refractivity contribution in [2.24, 2.45) is 0 Å². The molecule has 2 N–H and O–H groups in total. The molecule has 1 saturated heterocycles. The van der Waals surface area contributed by atoms with Crippen molar-refractivity contribution in [2.45, 2.75) is 25.9 Å². The number of phenols is 1. The molecule has 0 aliphatic carbocycles. The number of carbonyl (C=O) groups is 1. The van der Waals surface area contributed by atoms with Crippen LogP contribution in [0.15, 0.2) is 23.6 Å². The molecular weight excluding hydrogens is 288 g/mol. The van der Waals surface area contributed by atoms with Gasteiger partial charge in [-0.05, 0) is 31.4 Å². The van der Waals surface area contributed by atoms with E-state index in [-0.39, 0.29) is 17.8 Å². The van der Waals surface area contributed by atoms with E-state index in [1.165, 1.54) is 11.3 Å². The molecule has 0 unspecified atom stereocenters. The molecule has 1 aliphatic heterocycles. The molecule has 0 spiro atoms. The lowest BCUT2D eigenvalue weighted by Gasteiger charge is -2.09. The number of amides is 1. The maximum absolute atomic E-state index is 12.2. The highest BCUT2D eigenvalue weighted by Crippen LogP contribution is 2.31. The molecule has 110 valence electrons. The van der Waals surface area contributed by atoms with Gasteiger partial charge < -0.3 is 15.2 Å². The van der Waals surface area contributed by atoms with Gasteiger partial charge in [0, 0.05) is 12.0 Å². The van der Waals surface area contributed by atoms with Crippen molar-refractivity contribution in [3.63, 3.8) is 0 Å². The van der Waals surface area contributed by atoms with E-state index in [0.29, 0.717) is 11.4 Å². The van der Waals surface area contributed by atoms with Crippen LogP contribution in [0.1, 0.15) is 40.0 Å². The Bertz CT molecular complexity index is 642. The van der Waals surface area contributed by atoms with E-state index in [1.807, 2.05) is 13.0 Å². The third-order valence-electron chi connectivity index (χ3n) is 3.45. The van der Waals surface area contributed by atoms with E-state index in [0.717, 1.165) is 30.0 Å². The van der Waals surface area contributed by atoms with Crippen LogP contribution in [0.4, 0.5) is 5.69 Å². The van der Waals surface area contributed by atoms with Gasteiger partial charge in [-0.1, -0.05) is 12.1 Å². The van der Waals surface area contributed by atoms with Gasteiger partial charge in [-0.25, -0.2) is 4.98 Å². The van der Waals surface area contributed by atoms with Crippen LogP contribution in [-0.4, -0.2) is 22.6 Å². The Morgan fingerprint density at radius 3 is 3.10 bits per heavy atom. The first-order chi connectivity index (χ1) is 10.1. The number of thiazole rings is 1. The minimum absolute atomic E-state index is 0.0171. The first-order valence-electron chi connectivity index (χ1n) is 6.82. The number of phenolic OH excluding ortho intramolecular Hbond substituents is 1. The SMILES string of the molecule is Cc1cccc(O)c1NC(=O)c1csc([C@@H]2CCCO2)n1. The summed E-state index contributed by atoms with van der Waals surface area (Å²) in [5.74, 6) is -0.266. The van der Waals surface area contributed by atoms with Gasteiger partial charge in [0.05, 0.1) is 5.69 Å². The molecule has 0 radical (unpaired) electrons. The zero-order chi connectivity index (χ0) is 14.8. The topological polar surface area (TPSA) is 71.5 Å². The average Bonchev–Trinajstić information content (AvgIpc) is 3.12. The number of rotatable bonds is 3. The normalized spacial score (nSPS) is 17.9. The highest BCUT2D eigenvalue weighted by atomic mass is 32.1. The molecule has 5 nitrogen and oxygen atoms in total. The number of carbonyl (C=O) groups excluding carboxylic acids is 1. The molecule has 1 aromatic heterocycles. The monoisotopic (exact) mass is 304 g/mol. The minimum Gasteiger partial charge on any atom is -0.506 e. The lowest BCUT2D eigenvalue weighted by molar-refractivity contribution is 0.101. The van der Waals surface area contributed by atoms with E-state index >= 15 is 0 Å². The van der Waals surface area contributed by atoms with E-state index in [4.69, 9.17) is 4.74 Å². The Kier molecular flexibility index (Phi) is 3.90. The van der Waals surface area contributed by atoms with Crippen LogP contribution in [0.5, 0.6) is 5.75 Å². The quantitative estimate of drug-likeness (QED) is 0.854. The van der Waals surface area contributed by atoms with Crippen LogP contribution in [0.2, 0.25) is 0 Å². The fourth-order valence-electron chi connectivity index (χ4n) is 2.30. The summed E-state index contributed by atoms with van der Waals surface area (Å²) < 4.78 is 5.56. The second-order valence-corrected chi connectivity index (χ2v) is 5.89. The molecule has 21 heavy (non-hydrogen) atoms. The van der Waals surface area contributed by atoms with E-state index in [9.17, 15) is 9.90 Å². The highest BCUT2D eigenvalue weighted by Gasteiger charge is 2.22. The number of para-hydroxylation sites is 1. The van der Waals surface area contributed by atoms with Crippen molar-refractivity contribution in [2.75, 3.05) is 11.9 Å². The number of hydrogen-bond acceptors (Lipinski definition) is 5. The maximum Gasteiger partial charge on any atom is 0.275 e. The molecule has 3 rings (SSSR count). The summed E-state index contributed by atoms with van der Waals surface area (Å²) in [5.41, 5.74) is 1.58. The molecule has 1 fully saturated rings. The summed E-state index contributed by atoms with van der Waals surface area (Å²) in [7, 11) is 0. The molecule has 0 saturated carbocycles. The number of anilines is 1.